The van der Waals surface area contributed by atoms with E-state index in [1.54, 1.807) is 16.8 Å². The molecule has 2 rings (SSSR count). The van der Waals surface area contributed by atoms with Crippen LogP contribution in [0.4, 0.5) is 4.39 Å². The minimum atomic E-state index is -0.401. The Morgan fingerprint density at radius 3 is 2.38 bits per heavy atom. The summed E-state index contributed by atoms with van der Waals surface area (Å²) in [6.07, 6.45) is 3.05. The minimum Gasteiger partial charge on any atom is -0.345 e. The van der Waals surface area contributed by atoms with E-state index in [0.717, 1.165) is 12.8 Å². The highest BCUT2D eigenvalue weighted by atomic mass is 35.5. The van der Waals surface area contributed by atoms with Gasteiger partial charge >= 0.3 is 0 Å². The lowest BCUT2D eigenvalue weighted by molar-refractivity contribution is 0.0894. The van der Waals surface area contributed by atoms with Gasteiger partial charge in [-0.15, -0.1) is 12.4 Å². The molecule has 0 saturated heterocycles. The molecular weight excluding hydrogens is 331 g/mol. The third-order valence-electron chi connectivity index (χ3n) is 4.45. The maximum absolute atomic E-state index is 13.0. The van der Waals surface area contributed by atoms with E-state index in [4.69, 9.17) is 5.73 Å². The Bertz CT molecular complexity index is 672. The lowest BCUT2D eigenvalue weighted by Gasteiger charge is -2.31. The Hall–Kier alpha value is -1.92. The lowest BCUT2D eigenvalue weighted by Crippen LogP contribution is -2.52. The van der Waals surface area contributed by atoms with E-state index in [0.29, 0.717) is 23.5 Å². The van der Waals surface area contributed by atoms with Gasteiger partial charge in [-0.1, -0.05) is 13.8 Å². The number of rotatable bonds is 6. The fraction of sp³-hybridized carbons (Fsp3) is 0.412. The number of halogens is 2. The molecule has 0 unspecified atom stereocenters. The zero-order chi connectivity index (χ0) is 17.0. The van der Waals surface area contributed by atoms with Crippen LogP contribution in [0.5, 0.6) is 0 Å². The predicted octanol–water partition coefficient (Wildman–Crippen LogP) is 2.99. The molecule has 0 saturated carbocycles. The molecule has 1 amide bonds. The third kappa shape index (κ3) is 3.94. The van der Waals surface area contributed by atoms with Gasteiger partial charge in [0.05, 0.1) is 28.7 Å². The van der Waals surface area contributed by atoms with Crippen LogP contribution in [0.2, 0.25) is 0 Å². The van der Waals surface area contributed by atoms with Crippen molar-refractivity contribution in [1.29, 1.82) is 0 Å². The molecule has 24 heavy (non-hydrogen) atoms. The SMILES string of the molecule is CCC(CC)(CN)NC(=O)c1cnn(-c2ccc(F)cc2)c1C.Cl. The molecule has 0 aliphatic carbocycles. The average molecular weight is 355 g/mol. The fourth-order valence-electron chi connectivity index (χ4n) is 2.55. The van der Waals surface area contributed by atoms with Crippen molar-refractivity contribution < 1.29 is 9.18 Å². The number of aromatic nitrogens is 2. The first-order chi connectivity index (χ1) is 11.0. The second-order valence-electron chi connectivity index (χ2n) is 5.68. The van der Waals surface area contributed by atoms with Gasteiger partial charge in [0, 0.05) is 6.54 Å². The number of hydrogen-bond donors (Lipinski definition) is 2. The summed E-state index contributed by atoms with van der Waals surface area (Å²) in [4.78, 5) is 12.6. The summed E-state index contributed by atoms with van der Waals surface area (Å²) in [5, 5.41) is 7.28. The average Bonchev–Trinajstić information content (AvgIpc) is 2.95. The normalized spacial score (nSPS) is 11.0. The molecule has 2 aromatic rings. The second kappa shape index (κ2) is 8.26. The maximum atomic E-state index is 13.0. The Morgan fingerprint density at radius 1 is 1.29 bits per heavy atom. The van der Waals surface area contributed by atoms with Gasteiger partial charge in [0.1, 0.15) is 5.82 Å². The highest BCUT2D eigenvalue weighted by molar-refractivity contribution is 5.95. The molecule has 1 heterocycles. The number of benzene rings is 1. The first-order valence-electron chi connectivity index (χ1n) is 7.79. The van der Waals surface area contributed by atoms with Gasteiger partial charge in [-0.2, -0.15) is 5.10 Å². The minimum absolute atomic E-state index is 0. The van der Waals surface area contributed by atoms with Crippen LogP contribution in [-0.2, 0) is 0 Å². The molecule has 1 aromatic carbocycles. The Kier molecular flexibility index (Phi) is 6.93. The molecule has 132 valence electrons. The summed E-state index contributed by atoms with van der Waals surface area (Å²) in [5.41, 5.74) is 7.33. The Morgan fingerprint density at radius 2 is 1.88 bits per heavy atom. The standard InChI is InChI=1S/C17H23FN4O.ClH/c1-4-17(5-2,11-19)21-16(23)15-10-20-22(12(15)3)14-8-6-13(18)7-9-14;/h6-10H,4-5,11,19H2,1-3H3,(H,21,23);1H. The second-order valence-corrected chi connectivity index (χ2v) is 5.68. The molecule has 5 nitrogen and oxygen atoms in total. The van der Waals surface area contributed by atoms with Gasteiger partial charge in [0.15, 0.2) is 0 Å². The summed E-state index contributed by atoms with van der Waals surface area (Å²) in [7, 11) is 0. The van der Waals surface area contributed by atoms with Gasteiger partial charge in [-0.05, 0) is 44.0 Å². The number of nitrogens with one attached hydrogen (secondary N) is 1. The molecule has 3 N–H and O–H groups in total. The summed E-state index contributed by atoms with van der Waals surface area (Å²) >= 11 is 0. The molecule has 0 aliphatic rings. The van der Waals surface area contributed by atoms with Crippen LogP contribution >= 0.6 is 12.4 Å². The Labute approximate surface area is 147 Å². The zero-order valence-electron chi connectivity index (χ0n) is 14.2. The van der Waals surface area contributed by atoms with Gasteiger partial charge in [-0.3, -0.25) is 4.79 Å². The van der Waals surface area contributed by atoms with Crippen LogP contribution < -0.4 is 11.1 Å². The van der Waals surface area contributed by atoms with E-state index < -0.39 is 5.54 Å². The number of nitrogens with two attached hydrogens (primary N) is 1. The van der Waals surface area contributed by atoms with Crippen molar-refractivity contribution in [1.82, 2.24) is 15.1 Å². The van der Waals surface area contributed by atoms with Crippen LogP contribution in [0.25, 0.3) is 5.69 Å². The van der Waals surface area contributed by atoms with E-state index in [-0.39, 0.29) is 24.1 Å². The molecular formula is C17H24ClFN4O. The number of amides is 1. The molecule has 0 bridgehead atoms. The van der Waals surface area contributed by atoms with Crippen molar-refractivity contribution in [3.63, 3.8) is 0 Å². The molecule has 7 heteroatoms. The van der Waals surface area contributed by atoms with Crippen molar-refractivity contribution in [2.24, 2.45) is 5.73 Å². The van der Waals surface area contributed by atoms with Crippen molar-refractivity contribution in [2.45, 2.75) is 39.2 Å². The van der Waals surface area contributed by atoms with Crippen molar-refractivity contribution in [3.05, 3.63) is 47.5 Å². The topological polar surface area (TPSA) is 72.9 Å². The predicted molar refractivity (Wildman–Crippen MR) is 95.3 cm³/mol. The molecule has 0 aliphatic heterocycles. The molecule has 0 fully saturated rings. The first-order valence-corrected chi connectivity index (χ1v) is 7.79. The van der Waals surface area contributed by atoms with Crippen LogP contribution in [0.3, 0.4) is 0 Å². The highest BCUT2D eigenvalue weighted by Crippen LogP contribution is 2.18. The van der Waals surface area contributed by atoms with E-state index >= 15 is 0 Å². The number of nitrogens with zero attached hydrogens (tertiary/aromatic N) is 2. The monoisotopic (exact) mass is 354 g/mol. The quantitative estimate of drug-likeness (QED) is 0.837. The Balaban J connectivity index is 0.00000288. The maximum Gasteiger partial charge on any atom is 0.255 e. The smallest absolute Gasteiger partial charge is 0.255 e. The molecule has 0 radical (unpaired) electrons. The van der Waals surface area contributed by atoms with E-state index in [1.165, 1.54) is 18.3 Å². The van der Waals surface area contributed by atoms with Crippen molar-refractivity contribution >= 4 is 18.3 Å². The molecule has 0 spiro atoms. The first kappa shape index (κ1) is 20.1. The fourth-order valence-corrected chi connectivity index (χ4v) is 2.55. The summed E-state index contributed by atoms with van der Waals surface area (Å²) in [6, 6.07) is 5.98. The molecule has 1 aromatic heterocycles. The van der Waals surface area contributed by atoms with E-state index in [9.17, 15) is 9.18 Å². The zero-order valence-corrected chi connectivity index (χ0v) is 15.0. The number of carbonyl (C=O) groups is 1. The van der Waals surface area contributed by atoms with Crippen LogP contribution in [0.15, 0.2) is 30.5 Å². The van der Waals surface area contributed by atoms with E-state index in [1.807, 2.05) is 20.8 Å². The third-order valence-corrected chi connectivity index (χ3v) is 4.45. The number of carbonyl (C=O) groups excluding carboxylic acids is 1. The van der Waals surface area contributed by atoms with Crippen molar-refractivity contribution in [2.75, 3.05) is 6.54 Å². The summed E-state index contributed by atoms with van der Waals surface area (Å²) in [6.45, 7) is 6.21. The van der Waals surface area contributed by atoms with E-state index in [2.05, 4.69) is 10.4 Å². The van der Waals surface area contributed by atoms with Gasteiger partial charge in [0.2, 0.25) is 0 Å². The van der Waals surface area contributed by atoms with Gasteiger partial charge in [-0.25, -0.2) is 9.07 Å². The summed E-state index contributed by atoms with van der Waals surface area (Å²) < 4.78 is 14.7. The number of hydrogen-bond acceptors (Lipinski definition) is 3. The van der Waals surface area contributed by atoms with Gasteiger partial charge < -0.3 is 11.1 Å². The van der Waals surface area contributed by atoms with Crippen LogP contribution in [0, 0.1) is 12.7 Å². The van der Waals surface area contributed by atoms with Crippen molar-refractivity contribution in [3.8, 4) is 5.69 Å². The largest absolute Gasteiger partial charge is 0.345 e. The summed E-state index contributed by atoms with van der Waals surface area (Å²) in [5.74, 6) is -0.500. The molecule has 0 atom stereocenters. The van der Waals surface area contributed by atoms with Gasteiger partial charge in [0.25, 0.3) is 5.91 Å². The highest BCUT2D eigenvalue weighted by Gasteiger charge is 2.28. The van der Waals surface area contributed by atoms with Crippen LogP contribution in [0.1, 0.15) is 42.7 Å². The lowest BCUT2D eigenvalue weighted by atomic mass is 9.92. The van der Waals surface area contributed by atoms with Crippen LogP contribution in [-0.4, -0.2) is 27.8 Å².